The first-order chi connectivity index (χ1) is 12.6. The summed E-state index contributed by atoms with van der Waals surface area (Å²) in [5, 5.41) is 0. The van der Waals surface area contributed by atoms with Crippen molar-refractivity contribution in [1.29, 1.82) is 0 Å². The predicted octanol–water partition coefficient (Wildman–Crippen LogP) is 4.40. The number of carbonyl (C=O) groups is 1. The Balaban J connectivity index is 2.04. The third-order valence-corrected chi connectivity index (χ3v) is 6.29. The van der Waals surface area contributed by atoms with Crippen LogP contribution in [0.4, 0.5) is 16.2 Å². The maximum absolute atomic E-state index is 13.1. The van der Waals surface area contributed by atoms with Crippen molar-refractivity contribution in [2.75, 3.05) is 22.3 Å². The lowest BCUT2D eigenvalue weighted by atomic mass is 10.2. The molecule has 0 saturated carbocycles. The molecule has 6 nitrogen and oxygen atoms in total. The van der Waals surface area contributed by atoms with Crippen LogP contribution in [0.25, 0.3) is 0 Å². The highest BCUT2D eigenvalue weighted by Gasteiger charge is 2.35. The average Bonchev–Trinajstić information content (AvgIpc) is 2.59. The van der Waals surface area contributed by atoms with E-state index in [-0.39, 0.29) is 18.0 Å². The van der Waals surface area contributed by atoms with E-state index < -0.39 is 21.7 Å². The third-order valence-electron chi connectivity index (χ3n) is 3.97. The average molecular weight is 453 g/mol. The topological polar surface area (TPSA) is 66.9 Å². The first kappa shape index (κ1) is 19.7. The number of ether oxygens (including phenoxy) is 1. The maximum atomic E-state index is 13.1. The lowest BCUT2D eigenvalue weighted by Gasteiger charge is -2.37. The minimum Gasteiger partial charge on any atom is -0.443 e. The van der Waals surface area contributed by atoms with Crippen molar-refractivity contribution in [1.82, 2.24) is 0 Å². The van der Waals surface area contributed by atoms with Crippen molar-refractivity contribution < 1.29 is 17.9 Å². The predicted molar refractivity (Wildman–Crippen MR) is 109 cm³/mol. The molecule has 0 unspecified atom stereocenters. The van der Waals surface area contributed by atoms with E-state index in [9.17, 15) is 13.2 Å². The van der Waals surface area contributed by atoms with E-state index in [1.165, 1.54) is 9.21 Å². The normalized spacial score (nSPS) is 14.7. The van der Waals surface area contributed by atoms with Crippen LogP contribution in [-0.4, -0.2) is 33.2 Å². The summed E-state index contributed by atoms with van der Waals surface area (Å²) in [6.07, 6.45) is -0.501. The monoisotopic (exact) mass is 452 g/mol. The smallest absolute Gasteiger partial charge is 0.414 e. The fraction of sp³-hybridized carbons (Fsp3) is 0.316. The number of nitrogens with zero attached hydrogens (tertiary/aromatic N) is 2. The highest BCUT2D eigenvalue weighted by Crippen LogP contribution is 2.39. The van der Waals surface area contributed by atoms with E-state index in [0.29, 0.717) is 11.4 Å². The zero-order valence-electron chi connectivity index (χ0n) is 15.3. The first-order valence-corrected chi connectivity index (χ1v) is 10.7. The summed E-state index contributed by atoms with van der Waals surface area (Å²) in [5.74, 6) is 0. The summed E-state index contributed by atoms with van der Waals surface area (Å²) in [6, 6.07) is 13.4. The largest absolute Gasteiger partial charge is 0.443 e. The van der Waals surface area contributed by atoms with E-state index in [0.717, 1.165) is 4.47 Å². The van der Waals surface area contributed by atoms with E-state index in [4.69, 9.17) is 4.74 Å². The quantitative estimate of drug-likeness (QED) is 0.676. The minimum atomic E-state index is -3.73. The van der Waals surface area contributed by atoms with Crippen LogP contribution >= 0.6 is 15.9 Å². The van der Waals surface area contributed by atoms with Gasteiger partial charge in [-0.3, -0.25) is 9.21 Å². The Bertz CT molecular complexity index is 955. The molecule has 1 aliphatic rings. The van der Waals surface area contributed by atoms with Gasteiger partial charge in [0.25, 0.3) is 10.0 Å². The zero-order valence-corrected chi connectivity index (χ0v) is 17.7. The second-order valence-corrected chi connectivity index (χ2v) is 9.93. The molecule has 0 atom stereocenters. The minimum absolute atomic E-state index is 0.144. The van der Waals surface area contributed by atoms with Gasteiger partial charge in [0, 0.05) is 11.0 Å². The molecule has 1 heterocycles. The number of halogens is 1. The van der Waals surface area contributed by atoms with E-state index in [1.54, 1.807) is 69.3 Å². The number of anilines is 2. The first-order valence-electron chi connectivity index (χ1n) is 8.47. The summed E-state index contributed by atoms with van der Waals surface area (Å²) in [6.45, 7) is 5.73. The van der Waals surface area contributed by atoms with Crippen LogP contribution in [-0.2, 0) is 14.8 Å². The van der Waals surface area contributed by atoms with Gasteiger partial charge in [-0.2, -0.15) is 0 Å². The summed E-state index contributed by atoms with van der Waals surface area (Å²) < 4.78 is 33.8. The molecule has 0 bridgehead atoms. The van der Waals surface area contributed by atoms with Crippen LogP contribution in [0, 0.1) is 0 Å². The zero-order chi connectivity index (χ0) is 19.8. The van der Waals surface area contributed by atoms with Crippen molar-refractivity contribution >= 4 is 43.4 Å². The molecule has 1 aliphatic heterocycles. The number of benzene rings is 2. The van der Waals surface area contributed by atoms with Crippen LogP contribution in [0.3, 0.4) is 0 Å². The molecule has 2 aromatic rings. The summed E-state index contributed by atoms with van der Waals surface area (Å²) >= 11 is 3.40. The van der Waals surface area contributed by atoms with Gasteiger partial charge in [-0.05, 0) is 51.1 Å². The Kier molecular flexibility index (Phi) is 5.22. The summed E-state index contributed by atoms with van der Waals surface area (Å²) in [5.41, 5.74) is 0.291. The molecule has 0 aliphatic carbocycles. The van der Waals surface area contributed by atoms with Crippen molar-refractivity contribution in [3.8, 4) is 0 Å². The molecule has 27 heavy (non-hydrogen) atoms. The number of hydrogen-bond donors (Lipinski definition) is 0. The number of rotatable bonds is 2. The Labute approximate surface area is 167 Å². The molecule has 0 N–H and O–H groups in total. The molecular formula is C19H21BrN2O4S. The van der Waals surface area contributed by atoms with Crippen molar-refractivity contribution in [3.63, 3.8) is 0 Å². The van der Waals surface area contributed by atoms with Crippen molar-refractivity contribution in [2.24, 2.45) is 0 Å². The number of carbonyl (C=O) groups excluding carboxylic acids is 1. The number of hydrogen-bond acceptors (Lipinski definition) is 4. The van der Waals surface area contributed by atoms with Gasteiger partial charge in [-0.1, -0.05) is 34.1 Å². The van der Waals surface area contributed by atoms with E-state index >= 15 is 0 Å². The van der Waals surface area contributed by atoms with Crippen LogP contribution in [0.2, 0.25) is 0 Å². The molecule has 8 heteroatoms. The molecule has 0 saturated heterocycles. The van der Waals surface area contributed by atoms with Gasteiger partial charge >= 0.3 is 6.09 Å². The van der Waals surface area contributed by atoms with Gasteiger partial charge in [-0.15, -0.1) is 0 Å². The lowest BCUT2D eigenvalue weighted by molar-refractivity contribution is 0.0580. The molecule has 1 amide bonds. The fourth-order valence-electron chi connectivity index (χ4n) is 2.83. The van der Waals surface area contributed by atoms with E-state index in [1.807, 2.05) is 0 Å². The molecule has 0 spiro atoms. The molecule has 0 radical (unpaired) electrons. The number of fused-ring (bicyclic) bond motifs is 1. The second kappa shape index (κ2) is 7.16. The molecule has 3 rings (SSSR count). The second-order valence-electron chi connectivity index (χ2n) is 7.16. The summed E-state index contributed by atoms with van der Waals surface area (Å²) in [4.78, 5) is 14.3. The van der Waals surface area contributed by atoms with Gasteiger partial charge in [0.05, 0.1) is 22.8 Å². The standard InChI is InChI=1S/C19H21BrN2O4S/c1-19(2,3)26-18(23)21-11-12-22(16-10-9-14(20)13-17(16)21)27(24,25)15-7-5-4-6-8-15/h4-10,13H,11-12H2,1-3H3. The Hall–Kier alpha value is -2.06. The molecular weight excluding hydrogens is 432 g/mol. The molecule has 144 valence electrons. The van der Waals surface area contributed by atoms with Gasteiger partial charge in [0.15, 0.2) is 0 Å². The van der Waals surface area contributed by atoms with Crippen LogP contribution in [0.1, 0.15) is 20.8 Å². The van der Waals surface area contributed by atoms with Gasteiger partial charge in [0.2, 0.25) is 0 Å². The van der Waals surface area contributed by atoms with Crippen LogP contribution in [0.15, 0.2) is 57.9 Å². The number of amides is 1. The Morgan fingerprint density at radius 2 is 1.70 bits per heavy atom. The molecule has 2 aromatic carbocycles. The third kappa shape index (κ3) is 4.11. The Morgan fingerprint density at radius 1 is 1.04 bits per heavy atom. The highest BCUT2D eigenvalue weighted by atomic mass is 79.9. The summed E-state index contributed by atoms with van der Waals surface area (Å²) in [7, 11) is -3.73. The lowest BCUT2D eigenvalue weighted by Crippen LogP contribution is -2.47. The highest BCUT2D eigenvalue weighted by molar-refractivity contribution is 9.10. The molecule has 0 aromatic heterocycles. The van der Waals surface area contributed by atoms with Crippen LogP contribution < -0.4 is 9.21 Å². The van der Waals surface area contributed by atoms with Gasteiger partial charge in [-0.25, -0.2) is 13.2 Å². The van der Waals surface area contributed by atoms with Crippen LogP contribution in [0.5, 0.6) is 0 Å². The Morgan fingerprint density at radius 3 is 2.33 bits per heavy atom. The van der Waals surface area contributed by atoms with Crippen molar-refractivity contribution in [3.05, 3.63) is 53.0 Å². The SMILES string of the molecule is CC(C)(C)OC(=O)N1CCN(S(=O)(=O)c2ccccc2)c2ccc(Br)cc21. The van der Waals surface area contributed by atoms with E-state index in [2.05, 4.69) is 15.9 Å². The van der Waals surface area contributed by atoms with Crippen molar-refractivity contribution in [2.45, 2.75) is 31.3 Å². The number of sulfonamides is 1. The van der Waals surface area contributed by atoms with Gasteiger partial charge < -0.3 is 4.74 Å². The molecule has 0 fully saturated rings. The maximum Gasteiger partial charge on any atom is 0.414 e. The fourth-order valence-corrected chi connectivity index (χ4v) is 4.67. The van der Waals surface area contributed by atoms with Gasteiger partial charge in [0.1, 0.15) is 5.60 Å².